The Bertz CT molecular complexity index is 1010. The van der Waals surface area contributed by atoms with Gasteiger partial charge in [0, 0.05) is 5.92 Å². The molecule has 0 radical (unpaired) electrons. The van der Waals surface area contributed by atoms with Crippen molar-refractivity contribution in [3.63, 3.8) is 0 Å². The van der Waals surface area contributed by atoms with E-state index in [0.29, 0.717) is 0 Å². The molecule has 168 valence electrons. The maximum atomic E-state index is 12.7. The number of fused-ring (bicyclic) bond motifs is 3. The highest BCUT2D eigenvalue weighted by atomic mass is 16.5. The molecular formula is C24H26N2O6. The highest BCUT2D eigenvalue weighted by molar-refractivity contribution is 5.88. The lowest BCUT2D eigenvalue weighted by Gasteiger charge is -2.29. The van der Waals surface area contributed by atoms with Gasteiger partial charge in [0.2, 0.25) is 5.91 Å². The second-order valence-corrected chi connectivity index (χ2v) is 8.49. The zero-order valence-electron chi connectivity index (χ0n) is 18.0. The van der Waals surface area contributed by atoms with Gasteiger partial charge in [-0.2, -0.15) is 0 Å². The first kappa shape index (κ1) is 21.8. The number of amides is 2. The molecule has 3 atom stereocenters. The van der Waals surface area contributed by atoms with Crippen LogP contribution in [0.15, 0.2) is 48.5 Å². The summed E-state index contributed by atoms with van der Waals surface area (Å²) in [6.45, 7) is 3.38. The van der Waals surface area contributed by atoms with Gasteiger partial charge in [0.05, 0.1) is 24.7 Å². The van der Waals surface area contributed by atoms with Gasteiger partial charge in [-0.15, -0.1) is 0 Å². The highest BCUT2D eigenvalue weighted by Crippen LogP contribution is 2.44. The molecule has 2 amide bonds. The van der Waals surface area contributed by atoms with E-state index in [1.165, 1.54) is 6.92 Å². The van der Waals surface area contributed by atoms with E-state index in [1.807, 2.05) is 36.4 Å². The molecule has 3 N–H and O–H groups in total. The maximum absolute atomic E-state index is 12.7. The molecule has 1 saturated heterocycles. The number of carbonyl (C=O) groups is 3. The molecule has 32 heavy (non-hydrogen) atoms. The van der Waals surface area contributed by atoms with Crippen LogP contribution in [0, 0.1) is 5.41 Å². The Labute approximate surface area is 185 Å². The summed E-state index contributed by atoms with van der Waals surface area (Å²) in [5.74, 6) is -1.70. The van der Waals surface area contributed by atoms with Crippen LogP contribution in [0.4, 0.5) is 4.79 Å². The number of alkyl carbamates (subject to hydrolysis) is 1. The van der Waals surface area contributed by atoms with E-state index in [2.05, 4.69) is 22.8 Å². The number of hydrogen-bond acceptors (Lipinski definition) is 5. The second-order valence-electron chi connectivity index (χ2n) is 8.49. The Morgan fingerprint density at radius 1 is 1.12 bits per heavy atom. The fourth-order valence-corrected chi connectivity index (χ4v) is 4.30. The summed E-state index contributed by atoms with van der Waals surface area (Å²) >= 11 is 0. The van der Waals surface area contributed by atoms with Crippen LogP contribution in [0.25, 0.3) is 11.1 Å². The van der Waals surface area contributed by atoms with E-state index < -0.39 is 35.5 Å². The van der Waals surface area contributed by atoms with Crippen molar-refractivity contribution in [2.24, 2.45) is 5.41 Å². The molecule has 8 nitrogen and oxygen atoms in total. The molecule has 8 heteroatoms. The number of benzene rings is 2. The quantitative estimate of drug-likeness (QED) is 0.639. The minimum Gasteiger partial charge on any atom is -0.480 e. The molecule has 0 bridgehead atoms. The predicted molar refractivity (Wildman–Crippen MR) is 116 cm³/mol. The van der Waals surface area contributed by atoms with Gasteiger partial charge in [-0.3, -0.25) is 9.59 Å². The normalized spacial score (nSPS) is 22.5. The fourth-order valence-electron chi connectivity index (χ4n) is 4.30. The number of carboxylic acid groups (broad SMARTS) is 1. The van der Waals surface area contributed by atoms with Crippen molar-refractivity contribution in [1.82, 2.24) is 10.6 Å². The molecule has 1 aliphatic heterocycles. The van der Waals surface area contributed by atoms with Crippen LogP contribution >= 0.6 is 0 Å². The van der Waals surface area contributed by atoms with Crippen LogP contribution in [0.5, 0.6) is 0 Å². The van der Waals surface area contributed by atoms with Crippen molar-refractivity contribution in [1.29, 1.82) is 0 Å². The number of ether oxygens (including phenoxy) is 2. The van der Waals surface area contributed by atoms with E-state index in [4.69, 9.17) is 14.6 Å². The molecule has 0 spiro atoms. The Hall–Kier alpha value is -3.39. The van der Waals surface area contributed by atoms with Crippen LogP contribution in [-0.2, 0) is 19.1 Å². The van der Waals surface area contributed by atoms with Gasteiger partial charge in [-0.25, -0.2) is 4.79 Å². The summed E-state index contributed by atoms with van der Waals surface area (Å²) in [4.78, 5) is 36.3. The summed E-state index contributed by atoms with van der Waals surface area (Å²) in [6, 6.07) is 14.4. The molecule has 0 aromatic heterocycles. The van der Waals surface area contributed by atoms with E-state index in [9.17, 15) is 14.4 Å². The van der Waals surface area contributed by atoms with E-state index >= 15 is 0 Å². The molecule has 1 fully saturated rings. The summed E-state index contributed by atoms with van der Waals surface area (Å²) in [7, 11) is 0. The molecule has 0 saturated carbocycles. The molecule has 1 heterocycles. The van der Waals surface area contributed by atoms with Gasteiger partial charge in [0.25, 0.3) is 0 Å². The van der Waals surface area contributed by atoms with Crippen LogP contribution in [0.1, 0.15) is 30.9 Å². The summed E-state index contributed by atoms with van der Waals surface area (Å²) in [5.41, 5.74) is 3.39. The number of carbonyl (C=O) groups excluding carboxylic acids is 2. The third kappa shape index (κ3) is 3.93. The van der Waals surface area contributed by atoms with Gasteiger partial charge in [-0.1, -0.05) is 48.5 Å². The summed E-state index contributed by atoms with van der Waals surface area (Å²) < 4.78 is 11.0. The van der Waals surface area contributed by atoms with E-state index in [0.717, 1.165) is 22.3 Å². The Balaban J connectivity index is 1.41. The minimum atomic E-state index is -1.14. The maximum Gasteiger partial charge on any atom is 0.407 e. The SMILES string of the molecule is C[C@H](NC(=O)C1(C)COCC1NC(=O)OCC1c2ccccc2-c2ccccc21)C(=O)O. The second kappa shape index (κ2) is 8.63. The molecular weight excluding hydrogens is 412 g/mol. The van der Waals surface area contributed by atoms with Crippen molar-refractivity contribution < 1.29 is 29.0 Å². The average Bonchev–Trinajstić information content (AvgIpc) is 3.31. The van der Waals surface area contributed by atoms with Gasteiger partial charge in [-0.05, 0) is 36.1 Å². The van der Waals surface area contributed by atoms with Crippen LogP contribution < -0.4 is 10.6 Å². The van der Waals surface area contributed by atoms with E-state index in [-0.39, 0.29) is 25.7 Å². The largest absolute Gasteiger partial charge is 0.480 e. The number of hydrogen-bond donors (Lipinski definition) is 3. The summed E-state index contributed by atoms with van der Waals surface area (Å²) in [5, 5.41) is 14.2. The molecule has 2 aromatic rings. The zero-order chi connectivity index (χ0) is 22.9. The van der Waals surface area contributed by atoms with Crippen molar-refractivity contribution in [2.45, 2.75) is 31.8 Å². The lowest BCUT2D eigenvalue weighted by atomic mass is 9.84. The van der Waals surface area contributed by atoms with Crippen LogP contribution in [0.2, 0.25) is 0 Å². The highest BCUT2D eigenvalue weighted by Gasteiger charge is 2.48. The molecule has 4 rings (SSSR count). The number of carboxylic acids is 1. The summed E-state index contributed by atoms with van der Waals surface area (Å²) in [6.07, 6.45) is -0.646. The fraction of sp³-hybridized carbons (Fsp3) is 0.375. The topological polar surface area (TPSA) is 114 Å². The number of rotatable bonds is 6. The van der Waals surface area contributed by atoms with Gasteiger partial charge < -0.3 is 25.2 Å². The third-order valence-electron chi connectivity index (χ3n) is 6.33. The van der Waals surface area contributed by atoms with Gasteiger partial charge >= 0.3 is 12.1 Å². The first-order valence-corrected chi connectivity index (χ1v) is 10.5. The molecule has 1 aliphatic carbocycles. The minimum absolute atomic E-state index is 0.0689. The zero-order valence-corrected chi connectivity index (χ0v) is 18.0. The molecule has 2 unspecified atom stereocenters. The smallest absolute Gasteiger partial charge is 0.407 e. The number of aliphatic carboxylic acids is 1. The monoisotopic (exact) mass is 438 g/mol. The van der Waals surface area contributed by atoms with E-state index in [1.54, 1.807) is 6.92 Å². The van der Waals surface area contributed by atoms with Gasteiger partial charge in [0.1, 0.15) is 12.6 Å². The van der Waals surface area contributed by atoms with Crippen LogP contribution in [-0.4, -0.2) is 55.0 Å². The first-order chi connectivity index (χ1) is 15.3. The van der Waals surface area contributed by atoms with Gasteiger partial charge in [0.15, 0.2) is 0 Å². The first-order valence-electron chi connectivity index (χ1n) is 10.5. The van der Waals surface area contributed by atoms with Crippen molar-refractivity contribution in [2.75, 3.05) is 19.8 Å². The number of nitrogens with one attached hydrogen (secondary N) is 2. The lowest BCUT2D eigenvalue weighted by molar-refractivity contribution is -0.143. The Kier molecular flexibility index (Phi) is 5.88. The van der Waals surface area contributed by atoms with Crippen LogP contribution in [0.3, 0.4) is 0 Å². The van der Waals surface area contributed by atoms with Crippen molar-refractivity contribution >= 4 is 18.0 Å². The Morgan fingerprint density at radius 2 is 1.72 bits per heavy atom. The predicted octanol–water partition coefficient (Wildman–Crippen LogP) is 2.52. The van der Waals surface area contributed by atoms with Crippen molar-refractivity contribution in [3.05, 3.63) is 59.7 Å². The Morgan fingerprint density at radius 3 is 2.31 bits per heavy atom. The molecule has 2 aromatic carbocycles. The average molecular weight is 438 g/mol. The van der Waals surface area contributed by atoms with Crippen molar-refractivity contribution in [3.8, 4) is 11.1 Å². The third-order valence-corrected chi connectivity index (χ3v) is 6.33. The standard InChI is InChI=1S/C24H26N2O6/c1-14(21(27)28)25-22(29)24(2)13-31-12-20(24)26-23(30)32-11-19-17-9-5-3-7-15(17)16-8-4-6-10-18(16)19/h3-10,14,19-20H,11-13H2,1-2H3,(H,25,29)(H,26,30)(H,27,28)/t14-,20?,24?/m0/s1. The lowest BCUT2D eigenvalue weighted by Crippen LogP contribution is -2.55. The molecule has 2 aliphatic rings.